The molecular formula is C18H18ClFN2O2. The van der Waals surface area contributed by atoms with Crippen molar-refractivity contribution < 1.29 is 14.3 Å². The van der Waals surface area contributed by atoms with Crippen LogP contribution in [-0.2, 0) is 11.2 Å². The summed E-state index contributed by atoms with van der Waals surface area (Å²) in [5.74, 6) is -1.13. The molecule has 24 heavy (non-hydrogen) atoms. The van der Waals surface area contributed by atoms with E-state index in [2.05, 4.69) is 10.3 Å². The van der Waals surface area contributed by atoms with Crippen molar-refractivity contribution in [2.75, 3.05) is 6.61 Å². The first kappa shape index (κ1) is 16.9. The van der Waals surface area contributed by atoms with Crippen LogP contribution in [0.4, 0.5) is 4.39 Å². The number of fused-ring (bicyclic) bond motifs is 1. The van der Waals surface area contributed by atoms with Crippen LogP contribution in [0, 0.1) is 5.82 Å². The van der Waals surface area contributed by atoms with Gasteiger partial charge in [-0.15, -0.1) is 0 Å². The minimum Gasteiger partial charge on any atom is -0.394 e. The predicted molar refractivity (Wildman–Crippen MR) is 89.3 cm³/mol. The van der Waals surface area contributed by atoms with E-state index in [-0.39, 0.29) is 23.5 Å². The number of hydrogen-bond acceptors (Lipinski definition) is 3. The summed E-state index contributed by atoms with van der Waals surface area (Å²) >= 11 is 5.68. The van der Waals surface area contributed by atoms with Gasteiger partial charge in [0.15, 0.2) is 0 Å². The van der Waals surface area contributed by atoms with Crippen LogP contribution in [0.1, 0.15) is 41.6 Å². The van der Waals surface area contributed by atoms with Crippen molar-refractivity contribution in [1.29, 1.82) is 0 Å². The average Bonchev–Trinajstić information content (AvgIpc) is 2.61. The van der Waals surface area contributed by atoms with Crippen LogP contribution >= 0.6 is 11.6 Å². The Morgan fingerprint density at radius 3 is 3.04 bits per heavy atom. The highest BCUT2D eigenvalue weighted by Gasteiger charge is 2.29. The van der Waals surface area contributed by atoms with Gasteiger partial charge in [-0.2, -0.15) is 0 Å². The number of aliphatic hydroxyl groups excluding tert-OH is 1. The molecule has 1 heterocycles. The Bertz CT molecular complexity index is 754. The molecule has 1 amide bonds. The van der Waals surface area contributed by atoms with E-state index in [1.54, 1.807) is 12.3 Å². The zero-order valence-corrected chi connectivity index (χ0v) is 13.8. The minimum absolute atomic E-state index is 0.00664. The summed E-state index contributed by atoms with van der Waals surface area (Å²) in [6.07, 6.45) is 4.22. The Morgan fingerprint density at radius 2 is 2.29 bits per heavy atom. The van der Waals surface area contributed by atoms with Gasteiger partial charge >= 0.3 is 0 Å². The lowest BCUT2D eigenvalue weighted by Crippen LogP contribution is -2.36. The summed E-state index contributed by atoms with van der Waals surface area (Å²) in [5, 5.41) is 12.4. The van der Waals surface area contributed by atoms with E-state index in [9.17, 15) is 14.3 Å². The van der Waals surface area contributed by atoms with E-state index < -0.39 is 11.9 Å². The minimum atomic E-state index is -0.682. The fourth-order valence-electron chi connectivity index (χ4n) is 3.10. The van der Waals surface area contributed by atoms with Gasteiger partial charge in [-0.3, -0.25) is 9.78 Å². The summed E-state index contributed by atoms with van der Waals surface area (Å²) < 4.78 is 13.6. The number of nitrogens with one attached hydrogen (secondary N) is 1. The normalized spacial score (nSPS) is 17.9. The van der Waals surface area contributed by atoms with Gasteiger partial charge in [0.1, 0.15) is 5.82 Å². The van der Waals surface area contributed by atoms with Gasteiger partial charge in [-0.05, 0) is 48.6 Å². The Balaban J connectivity index is 1.79. The van der Waals surface area contributed by atoms with Crippen molar-refractivity contribution in [3.05, 3.63) is 64.2 Å². The first-order valence-corrected chi connectivity index (χ1v) is 8.28. The highest BCUT2D eigenvalue weighted by molar-refractivity contribution is 6.30. The smallest absolute Gasteiger partial charge is 0.229 e. The summed E-state index contributed by atoms with van der Waals surface area (Å²) in [6.45, 7) is -0.325. The summed E-state index contributed by atoms with van der Waals surface area (Å²) in [7, 11) is 0. The lowest BCUT2D eigenvalue weighted by molar-refractivity contribution is -0.124. The Labute approximate surface area is 144 Å². The predicted octanol–water partition coefficient (Wildman–Crippen LogP) is 3.14. The average molecular weight is 349 g/mol. The number of pyridine rings is 1. The Kier molecular flexibility index (Phi) is 5.11. The Morgan fingerprint density at radius 1 is 1.46 bits per heavy atom. The second kappa shape index (κ2) is 7.28. The third-order valence-corrected chi connectivity index (χ3v) is 4.66. The molecule has 0 radical (unpaired) electrons. The number of amides is 1. The Hall–Kier alpha value is -1.98. The molecule has 4 nitrogen and oxygen atoms in total. The number of aliphatic hydroxyl groups is 1. The molecule has 1 aromatic heterocycles. The fourth-order valence-corrected chi connectivity index (χ4v) is 3.22. The van der Waals surface area contributed by atoms with Gasteiger partial charge in [0, 0.05) is 6.20 Å². The molecule has 0 saturated heterocycles. The van der Waals surface area contributed by atoms with E-state index in [0.717, 1.165) is 24.1 Å². The van der Waals surface area contributed by atoms with E-state index in [0.29, 0.717) is 12.0 Å². The van der Waals surface area contributed by atoms with Crippen LogP contribution in [0.25, 0.3) is 0 Å². The number of carbonyl (C=O) groups is 1. The van der Waals surface area contributed by atoms with Crippen molar-refractivity contribution in [1.82, 2.24) is 10.3 Å². The molecule has 0 bridgehead atoms. The molecule has 1 aliphatic rings. The van der Waals surface area contributed by atoms with Gasteiger partial charge in [0.05, 0.1) is 29.3 Å². The van der Waals surface area contributed by atoms with E-state index in [4.69, 9.17) is 11.6 Å². The van der Waals surface area contributed by atoms with Gasteiger partial charge in [0.2, 0.25) is 5.91 Å². The second-order valence-electron chi connectivity index (χ2n) is 5.91. The molecule has 6 heteroatoms. The zero-order valence-electron chi connectivity index (χ0n) is 13.0. The molecule has 1 aromatic carbocycles. The molecule has 1 aliphatic carbocycles. The lowest BCUT2D eigenvalue weighted by Gasteiger charge is -2.26. The zero-order chi connectivity index (χ0) is 17.1. The van der Waals surface area contributed by atoms with Crippen LogP contribution in [0.5, 0.6) is 0 Å². The molecule has 0 saturated carbocycles. The summed E-state index contributed by atoms with van der Waals surface area (Å²) in [4.78, 5) is 17.0. The molecule has 2 N–H and O–H groups in total. The van der Waals surface area contributed by atoms with Gasteiger partial charge in [-0.25, -0.2) is 4.39 Å². The van der Waals surface area contributed by atoms with E-state index in [1.165, 1.54) is 12.1 Å². The number of nitrogens with zero attached hydrogens (tertiary/aromatic N) is 1. The highest BCUT2D eigenvalue weighted by atomic mass is 35.5. The molecule has 126 valence electrons. The van der Waals surface area contributed by atoms with Gasteiger partial charge in [0.25, 0.3) is 0 Å². The van der Waals surface area contributed by atoms with Crippen LogP contribution in [0.15, 0.2) is 36.5 Å². The van der Waals surface area contributed by atoms with Gasteiger partial charge < -0.3 is 10.4 Å². The quantitative estimate of drug-likeness (QED) is 0.892. The number of rotatable bonds is 4. The van der Waals surface area contributed by atoms with E-state index in [1.807, 2.05) is 12.1 Å². The monoisotopic (exact) mass is 348 g/mol. The number of aromatic nitrogens is 1. The number of carbonyl (C=O) groups excluding carboxylic acids is 1. The maximum atomic E-state index is 13.6. The van der Waals surface area contributed by atoms with Gasteiger partial charge in [-0.1, -0.05) is 23.7 Å². The highest BCUT2D eigenvalue weighted by Crippen LogP contribution is 2.30. The van der Waals surface area contributed by atoms with E-state index >= 15 is 0 Å². The SMILES string of the molecule is O=C(N[C@@H](CO)c1ccc(Cl)c(F)c1)[C@H]1CCCc2cccnc21. The number of halogens is 2. The topological polar surface area (TPSA) is 62.2 Å². The first-order valence-electron chi connectivity index (χ1n) is 7.90. The molecule has 0 fully saturated rings. The van der Waals surface area contributed by atoms with Crippen molar-refractivity contribution >= 4 is 17.5 Å². The molecule has 3 rings (SSSR count). The first-order chi connectivity index (χ1) is 11.6. The standard InChI is InChI=1S/C18H18ClFN2O2/c19-14-7-6-12(9-15(14)20)16(10-23)22-18(24)13-5-1-3-11-4-2-8-21-17(11)13/h2,4,6-9,13,16,23H,1,3,5,10H2,(H,22,24)/t13-,16-/m0/s1. The number of aryl methyl sites for hydroxylation is 1. The van der Waals surface area contributed by atoms with Crippen LogP contribution in [0.2, 0.25) is 5.02 Å². The second-order valence-corrected chi connectivity index (χ2v) is 6.32. The fraction of sp³-hybridized carbons (Fsp3) is 0.333. The molecular weight excluding hydrogens is 331 g/mol. The van der Waals surface area contributed by atoms with Crippen molar-refractivity contribution in [3.63, 3.8) is 0 Å². The lowest BCUT2D eigenvalue weighted by atomic mass is 9.86. The third kappa shape index (κ3) is 3.42. The number of benzene rings is 1. The van der Waals surface area contributed by atoms with Crippen LogP contribution in [0.3, 0.4) is 0 Å². The summed E-state index contributed by atoms with van der Waals surface area (Å²) in [5.41, 5.74) is 2.35. The number of hydrogen-bond donors (Lipinski definition) is 2. The molecule has 0 unspecified atom stereocenters. The molecule has 0 spiro atoms. The van der Waals surface area contributed by atoms with Crippen molar-refractivity contribution in [3.8, 4) is 0 Å². The van der Waals surface area contributed by atoms with Crippen molar-refractivity contribution in [2.45, 2.75) is 31.2 Å². The maximum Gasteiger partial charge on any atom is 0.229 e. The molecule has 2 aromatic rings. The largest absolute Gasteiger partial charge is 0.394 e. The maximum absolute atomic E-state index is 13.6. The van der Waals surface area contributed by atoms with Crippen LogP contribution < -0.4 is 5.32 Å². The van der Waals surface area contributed by atoms with Crippen LogP contribution in [-0.4, -0.2) is 22.6 Å². The van der Waals surface area contributed by atoms with Crippen molar-refractivity contribution in [2.24, 2.45) is 0 Å². The third-order valence-electron chi connectivity index (χ3n) is 4.36. The molecule has 2 atom stereocenters. The summed E-state index contributed by atoms with van der Waals surface area (Å²) in [6, 6.07) is 7.42. The molecule has 0 aliphatic heterocycles.